The van der Waals surface area contributed by atoms with Gasteiger partial charge in [-0.05, 0) is 24.1 Å². The lowest BCUT2D eigenvalue weighted by atomic mass is 10.1. The average molecular weight is 290 g/mol. The number of anilines is 1. The quantitative estimate of drug-likeness (QED) is 0.655. The normalized spacial score (nSPS) is 12.0. The Morgan fingerprint density at radius 3 is 2.62 bits per heavy atom. The molecule has 5 nitrogen and oxygen atoms in total. The minimum atomic E-state index is -0.809. The maximum Gasteiger partial charge on any atom is 0.295 e. The van der Waals surface area contributed by atoms with E-state index in [1.807, 2.05) is 6.07 Å². The molecule has 0 radical (unpaired) electrons. The van der Waals surface area contributed by atoms with Crippen molar-refractivity contribution in [2.75, 3.05) is 11.9 Å². The Balaban J connectivity index is 2.16. The minimum absolute atomic E-state index is 0.0932. The first-order valence-corrected chi connectivity index (χ1v) is 6.40. The Morgan fingerprint density at radius 2 is 2.00 bits per heavy atom. The van der Waals surface area contributed by atoms with Crippen LogP contribution in [0, 0.1) is 22.9 Å². The molecule has 0 bridgehead atoms. The Morgan fingerprint density at radius 1 is 1.33 bits per heavy atom. The van der Waals surface area contributed by atoms with E-state index in [0.717, 1.165) is 6.07 Å². The number of rotatable bonds is 5. The van der Waals surface area contributed by atoms with Crippen LogP contribution in [0.15, 0.2) is 42.5 Å². The number of aryl methyl sites for hydroxylation is 1. The largest absolute Gasteiger partial charge is 0.387 e. The van der Waals surface area contributed by atoms with E-state index >= 15 is 0 Å². The van der Waals surface area contributed by atoms with Crippen molar-refractivity contribution in [2.45, 2.75) is 13.0 Å². The molecule has 0 saturated carbocycles. The molecule has 0 heterocycles. The van der Waals surface area contributed by atoms with Crippen LogP contribution in [-0.4, -0.2) is 16.6 Å². The van der Waals surface area contributed by atoms with Crippen LogP contribution in [-0.2, 0) is 0 Å². The summed E-state index contributed by atoms with van der Waals surface area (Å²) < 4.78 is 13.4. The van der Waals surface area contributed by atoms with Gasteiger partial charge in [0.15, 0.2) is 0 Å². The summed E-state index contributed by atoms with van der Waals surface area (Å²) in [7, 11) is 0. The number of nitrogens with one attached hydrogen (secondary N) is 1. The van der Waals surface area contributed by atoms with Gasteiger partial charge in [-0.3, -0.25) is 10.1 Å². The second kappa shape index (κ2) is 6.32. The lowest BCUT2D eigenvalue weighted by Gasteiger charge is -2.14. The third-order valence-corrected chi connectivity index (χ3v) is 3.14. The van der Waals surface area contributed by atoms with E-state index in [0.29, 0.717) is 11.1 Å². The predicted octanol–water partition coefficient (Wildman–Crippen LogP) is 3.19. The van der Waals surface area contributed by atoms with E-state index < -0.39 is 16.8 Å². The molecule has 1 unspecified atom stereocenters. The molecule has 0 aliphatic carbocycles. The molecule has 2 aromatic carbocycles. The molecule has 0 fully saturated rings. The summed E-state index contributed by atoms with van der Waals surface area (Å²) in [5.41, 5.74) is 0.844. The van der Waals surface area contributed by atoms with Gasteiger partial charge in [-0.2, -0.15) is 0 Å². The van der Waals surface area contributed by atoms with Gasteiger partial charge in [-0.25, -0.2) is 4.39 Å². The zero-order valence-electron chi connectivity index (χ0n) is 11.4. The standard InChI is InChI=1S/C15H15FN2O3/c1-10-7-13(14(18(20)21)8-12(10)16)17-9-15(19)11-5-3-2-4-6-11/h2-8,15,17,19H,9H2,1H3. The Labute approximate surface area is 121 Å². The van der Waals surface area contributed by atoms with Crippen LogP contribution in [0.3, 0.4) is 0 Å². The third-order valence-electron chi connectivity index (χ3n) is 3.14. The number of hydrogen-bond acceptors (Lipinski definition) is 4. The minimum Gasteiger partial charge on any atom is -0.387 e. The van der Waals surface area contributed by atoms with Crippen LogP contribution in [0.2, 0.25) is 0 Å². The molecule has 2 aromatic rings. The van der Waals surface area contributed by atoms with Crippen LogP contribution in [0.25, 0.3) is 0 Å². The average Bonchev–Trinajstić information content (AvgIpc) is 2.48. The SMILES string of the molecule is Cc1cc(NCC(O)c2ccccc2)c([N+](=O)[O-])cc1F. The molecule has 1 atom stereocenters. The lowest BCUT2D eigenvalue weighted by molar-refractivity contribution is -0.384. The fourth-order valence-electron chi connectivity index (χ4n) is 1.96. The van der Waals surface area contributed by atoms with E-state index in [1.165, 1.54) is 13.0 Å². The van der Waals surface area contributed by atoms with Crippen LogP contribution in [0.1, 0.15) is 17.2 Å². The van der Waals surface area contributed by atoms with E-state index in [-0.39, 0.29) is 17.9 Å². The fraction of sp³-hybridized carbons (Fsp3) is 0.200. The highest BCUT2D eigenvalue weighted by Crippen LogP contribution is 2.28. The van der Waals surface area contributed by atoms with Gasteiger partial charge in [0, 0.05) is 6.54 Å². The molecule has 0 amide bonds. The smallest absolute Gasteiger partial charge is 0.295 e. The predicted molar refractivity (Wildman–Crippen MR) is 77.7 cm³/mol. The van der Waals surface area contributed by atoms with Crippen LogP contribution in [0.4, 0.5) is 15.8 Å². The number of hydrogen-bond donors (Lipinski definition) is 2. The monoisotopic (exact) mass is 290 g/mol. The molecule has 2 N–H and O–H groups in total. The van der Waals surface area contributed by atoms with Crippen molar-refractivity contribution in [1.29, 1.82) is 0 Å². The van der Waals surface area contributed by atoms with Gasteiger partial charge in [-0.15, -0.1) is 0 Å². The van der Waals surface area contributed by atoms with E-state index in [4.69, 9.17) is 0 Å². The maximum atomic E-state index is 13.4. The number of aliphatic hydroxyl groups is 1. The number of nitrogens with zero attached hydrogens (tertiary/aromatic N) is 1. The Hall–Kier alpha value is -2.47. The highest BCUT2D eigenvalue weighted by molar-refractivity contribution is 5.63. The van der Waals surface area contributed by atoms with Crippen molar-refractivity contribution in [3.8, 4) is 0 Å². The summed E-state index contributed by atoms with van der Waals surface area (Å²) in [5, 5.41) is 23.8. The number of benzene rings is 2. The first-order chi connectivity index (χ1) is 9.99. The first-order valence-electron chi connectivity index (χ1n) is 6.40. The zero-order valence-corrected chi connectivity index (χ0v) is 11.4. The van der Waals surface area contributed by atoms with Gasteiger partial charge in [0.25, 0.3) is 5.69 Å². The van der Waals surface area contributed by atoms with Gasteiger partial charge in [0.05, 0.1) is 17.1 Å². The molecule has 0 spiro atoms. The highest BCUT2D eigenvalue weighted by atomic mass is 19.1. The molecular weight excluding hydrogens is 275 g/mol. The Bertz CT molecular complexity index is 647. The molecule has 0 aliphatic heterocycles. The molecule has 110 valence electrons. The molecular formula is C15H15FN2O3. The summed E-state index contributed by atoms with van der Waals surface area (Å²) in [6.45, 7) is 1.62. The first kappa shape index (κ1) is 14.9. The number of halogens is 1. The summed E-state index contributed by atoms with van der Waals surface area (Å²) in [5.74, 6) is -0.629. The van der Waals surface area contributed by atoms with Gasteiger partial charge in [-0.1, -0.05) is 30.3 Å². The second-order valence-corrected chi connectivity index (χ2v) is 4.68. The number of nitro groups is 1. The summed E-state index contributed by atoms with van der Waals surface area (Å²) >= 11 is 0. The van der Waals surface area contributed by atoms with Crippen molar-refractivity contribution in [3.05, 3.63) is 69.5 Å². The summed E-state index contributed by atoms with van der Waals surface area (Å²) in [6, 6.07) is 11.2. The molecule has 21 heavy (non-hydrogen) atoms. The Kier molecular flexibility index (Phi) is 4.49. The van der Waals surface area contributed by atoms with Crippen molar-refractivity contribution in [2.24, 2.45) is 0 Å². The number of aliphatic hydroxyl groups excluding tert-OH is 1. The lowest BCUT2D eigenvalue weighted by Crippen LogP contribution is -2.13. The fourth-order valence-corrected chi connectivity index (χ4v) is 1.96. The topological polar surface area (TPSA) is 75.4 Å². The zero-order chi connectivity index (χ0) is 15.4. The summed E-state index contributed by atoms with van der Waals surface area (Å²) in [6.07, 6.45) is -0.809. The highest BCUT2D eigenvalue weighted by Gasteiger charge is 2.18. The van der Waals surface area contributed by atoms with E-state index in [9.17, 15) is 19.6 Å². The van der Waals surface area contributed by atoms with Gasteiger partial charge in [0.2, 0.25) is 0 Å². The molecule has 2 rings (SSSR count). The maximum absolute atomic E-state index is 13.4. The summed E-state index contributed by atoms with van der Waals surface area (Å²) in [4.78, 5) is 10.3. The van der Waals surface area contributed by atoms with E-state index in [1.54, 1.807) is 24.3 Å². The third kappa shape index (κ3) is 3.55. The molecule has 6 heteroatoms. The van der Waals surface area contributed by atoms with E-state index in [2.05, 4.69) is 5.32 Å². The van der Waals surface area contributed by atoms with Crippen molar-refractivity contribution in [1.82, 2.24) is 0 Å². The van der Waals surface area contributed by atoms with Gasteiger partial charge >= 0.3 is 0 Å². The van der Waals surface area contributed by atoms with Gasteiger partial charge in [0.1, 0.15) is 11.5 Å². The molecule has 0 aliphatic rings. The second-order valence-electron chi connectivity index (χ2n) is 4.68. The van der Waals surface area contributed by atoms with Crippen molar-refractivity contribution < 1.29 is 14.4 Å². The van der Waals surface area contributed by atoms with Gasteiger partial charge < -0.3 is 10.4 Å². The van der Waals surface area contributed by atoms with Crippen LogP contribution >= 0.6 is 0 Å². The molecule has 0 aromatic heterocycles. The molecule has 0 saturated heterocycles. The van der Waals surface area contributed by atoms with Crippen LogP contribution in [0.5, 0.6) is 0 Å². The van der Waals surface area contributed by atoms with Crippen molar-refractivity contribution >= 4 is 11.4 Å². The van der Waals surface area contributed by atoms with Crippen LogP contribution < -0.4 is 5.32 Å². The van der Waals surface area contributed by atoms with Crippen molar-refractivity contribution in [3.63, 3.8) is 0 Å². The number of nitro benzene ring substituents is 1.